The van der Waals surface area contributed by atoms with Gasteiger partial charge >= 0.3 is 0 Å². The minimum atomic E-state index is 0.315. The van der Waals surface area contributed by atoms with E-state index in [0.717, 1.165) is 57.1 Å². The molecule has 1 aromatic rings. The number of unbranched alkanes of at least 4 members (excludes halogenated alkanes) is 1. The Hall–Kier alpha value is -1.26. The van der Waals surface area contributed by atoms with Crippen LogP contribution in [0.3, 0.4) is 0 Å². The molecule has 1 aliphatic heterocycles. The highest BCUT2D eigenvalue weighted by Crippen LogP contribution is 2.32. The average molecular weight is 264 g/mol. The molecule has 1 aromatic carbocycles. The zero-order valence-electron chi connectivity index (χ0n) is 11.7. The summed E-state index contributed by atoms with van der Waals surface area (Å²) in [5, 5.41) is 3.50. The van der Waals surface area contributed by atoms with E-state index in [-0.39, 0.29) is 0 Å². The Kier molecular flexibility index (Phi) is 5.48. The molecular weight excluding hydrogens is 240 g/mol. The largest absolute Gasteiger partial charge is 0.490 e. The van der Waals surface area contributed by atoms with Crippen LogP contribution >= 0.6 is 0 Å². The second-order valence-electron chi connectivity index (χ2n) is 4.93. The van der Waals surface area contributed by atoms with Gasteiger partial charge in [0.25, 0.3) is 0 Å². The van der Waals surface area contributed by atoms with E-state index in [1.165, 1.54) is 5.56 Å². The van der Waals surface area contributed by atoms with Crippen molar-refractivity contribution in [3.8, 4) is 11.5 Å². The van der Waals surface area contributed by atoms with Crippen molar-refractivity contribution in [1.29, 1.82) is 0 Å². The molecule has 0 bridgehead atoms. The minimum absolute atomic E-state index is 0.315. The molecule has 0 spiro atoms. The Morgan fingerprint density at radius 3 is 2.79 bits per heavy atom. The van der Waals surface area contributed by atoms with Gasteiger partial charge in [-0.3, -0.25) is 0 Å². The summed E-state index contributed by atoms with van der Waals surface area (Å²) in [5.74, 6) is 1.72. The van der Waals surface area contributed by atoms with Gasteiger partial charge in [-0.15, -0.1) is 0 Å². The summed E-state index contributed by atoms with van der Waals surface area (Å²) < 4.78 is 11.3. The highest BCUT2D eigenvalue weighted by Gasteiger charge is 2.13. The maximum Gasteiger partial charge on any atom is 0.161 e. The average Bonchev–Trinajstić information content (AvgIpc) is 2.67. The standard InChI is InChI=1S/C15H24N2O2/c1-12(17-8-3-2-7-16)13-5-6-14-15(11-13)19-10-4-9-18-14/h5-6,11-12,17H,2-4,7-10,16H2,1H3. The van der Waals surface area contributed by atoms with Gasteiger partial charge in [0.1, 0.15) is 0 Å². The number of nitrogens with one attached hydrogen (secondary N) is 1. The van der Waals surface area contributed by atoms with Gasteiger partial charge in [-0.05, 0) is 50.6 Å². The first-order chi connectivity index (χ1) is 9.31. The van der Waals surface area contributed by atoms with Crippen LogP contribution in [0.5, 0.6) is 11.5 Å². The molecule has 1 atom stereocenters. The van der Waals surface area contributed by atoms with Crippen molar-refractivity contribution < 1.29 is 9.47 Å². The van der Waals surface area contributed by atoms with Gasteiger partial charge in [-0.1, -0.05) is 6.07 Å². The van der Waals surface area contributed by atoms with E-state index in [1.54, 1.807) is 0 Å². The van der Waals surface area contributed by atoms with Crippen LogP contribution < -0.4 is 20.5 Å². The Morgan fingerprint density at radius 2 is 2.00 bits per heavy atom. The lowest BCUT2D eigenvalue weighted by Gasteiger charge is -2.16. The van der Waals surface area contributed by atoms with Crippen molar-refractivity contribution in [2.75, 3.05) is 26.3 Å². The van der Waals surface area contributed by atoms with Crippen LogP contribution in [0.2, 0.25) is 0 Å². The molecular formula is C15H24N2O2. The summed E-state index contributed by atoms with van der Waals surface area (Å²) >= 11 is 0. The maximum absolute atomic E-state index is 5.71. The van der Waals surface area contributed by atoms with Gasteiger partial charge in [-0.2, -0.15) is 0 Å². The first-order valence-electron chi connectivity index (χ1n) is 7.14. The van der Waals surface area contributed by atoms with Crippen LogP contribution in [0, 0.1) is 0 Å². The third-order valence-corrected chi connectivity index (χ3v) is 3.35. The summed E-state index contributed by atoms with van der Waals surface area (Å²) in [6.07, 6.45) is 3.13. The fourth-order valence-electron chi connectivity index (χ4n) is 2.15. The Morgan fingerprint density at radius 1 is 1.21 bits per heavy atom. The monoisotopic (exact) mass is 264 g/mol. The number of fused-ring (bicyclic) bond motifs is 1. The van der Waals surface area contributed by atoms with Crippen LogP contribution in [0.15, 0.2) is 18.2 Å². The van der Waals surface area contributed by atoms with Crippen LogP contribution in [-0.4, -0.2) is 26.3 Å². The topological polar surface area (TPSA) is 56.5 Å². The normalized spacial score (nSPS) is 15.9. The lowest BCUT2D eigenvalue weighted by atomic mass is 10.1. The van der Waals surface area contributed by atoms with Crippen LogP contribution in [-0.2, 0) is 0 Å². The number of nitrogens with two attached hydrogens (primary N) is 1. The minimum Gasteiger partial charge on any atom is -0.490 e. The summed E-state index contributed by atoms with van der Waals surface area (Å²) in [7, 11) is 0. The molecule has 1 aliphatic rings. The van der Waals surface area contributed by atoms with Crippen molar-refractivity contribution in [1.82, 2.24) is 5.32 Å². The molecule has 4 nitrogen and oxygen atoms in total. The third-order valence-electron chi connectivity index (χ3n) is 3.35. The van der Waals surface area contributed by atoms with Crippen molar-refractivity contribution in [2.45, 2.75) is 32.2 Å². The summed E-state index contributed by atoms with van der Waals surface area (Å²) in [6, 6.07) is 6.51. The van der Waals surface area contributed by atoms with E-state index in [0.29, 0.717) is 6.04 Å². The fraction of sp³-hybridized carbons (Fsp3) is 0.600. The Balaban J connectivity index is 1.94. The molecule has 3 N–H and O–H groups in total. The molecule has 19 heavy (non-hydrogen) atoms. The molecule has 0 amide bonds. The summed E-state index contributed by atoms with van der Waals surface area (Å²) in [5.41, 5.74) is 6.72. The number of rotatable bonds is 6. The molecule has 1 heterocycles. The molecule has 2 rings (SSSR count). The molecule has 0 radical (unpaired) electrons. The zero-order valence-corrected chi connectivity index (χ0v) is 11.7. The van der Waals surface area contributed by atoms with Crippen molar-refractivity contribution in [3.63, 3.8) is 0 Å². The molecule has 106 valence electrons. The molecule has 0 saturated heterocycles. The quantitative estimate of drug-likeness (QED) is 0.774. The molecule has 0 fully saturated rings. The predicted octanol–water partition coefficient (Wildman–Crippen LogP) is 2.24. The van der Waals surface area contributed by atoms with Crippen LogP contribution in [0.1, 0.15) is 37.8 Å². The van der Waals surface area contributed by atoms with Crippen LogP contribution in [0.4, 0.5) is 0 Å². The van der Waals surface area contributed by atoms with E-state index in [4.69, 9.17) is 15.2 Å². The summed E-state index contributed by atoms with van der Waals surface area (Å²) in [4.78, 5) is 0. The fourth-order valence-corrected chi connectivity index (χ4v) is 2.15. The molecule has 0 aliphatic carbocycles. The number of hydrogen-bond donors (Lipinski definition) is 2. The number of benzene rings is 1. The van der Waals surface area contributed by atoms with Crippen LogP contribution in [0.25, 0.3) is 0 Å². The first kappa shape index (κ1) is 14.2. The lowest BCUT2D eigenvalue weighted by molar-refractivity contribution is 0.297. The van der Waals surface area contributed by atoms with Gasteiger partial charge < -0.3 is 20.5 Å². The molecule has 1 unspecified atom stereocenters. The van der Waals surface area contributed by atoms with E-state index in [2.05, 4.69) is 24.4 Å². The van der Waals surface area contributed by atoms with Crippen molar-refractivity contribution in [3.05, 3.63) is 23.8 Å². The van der Waals surface area contributed by atoms with E-state index >= 15 is 0 Å². The smallest absolute Gasteiger partial charge is 0.161 e. The molecule has 0 saturated carbocycles. The third kappa shape index (κ3) is 4.11. The van der Waals surface area contributed by atoms with Gasteiger partial charge in [0.2, 0.25) is 0 Å². The number of hydrogen-bond acceptors (Lipinski definition) is 4. The SMILES string of the molecule is CC(NCCCCN)c1ccc2c(c1)OCCCO2. The Bertz CT molecular complexity index is 396. The highest BCUT2D eigenvalue weighted by atomic mass is 16.5. The van der Waals surface area contributed by atoms with Crippen molar-refractivity contribution >= 4 is 0 Å². The van der Waals surface area contributed by atoms with Gasteiger partial charge in [0, 0.05) is 12.5 Å². The van der Waals surface area contributed by atoms with E-state index in [9.17, 15) is 0 Å². The van der Waals surface area contributed by atoms with Gasteiger partial charge in [-0.25, -0.2) is 0 Å². The second-order valence-corrected chi connectivity index (χ2v) is 4.93. The molecule has 4 heteroatoms. The van der Waals surface area contributed by atoms with E-state index in [1.807, 2.05) is 6.07 Å². The van der Waals surface area contributed by atoms with Crippen molar-refractivity contribution in [2.24, 2.45) is 5.73 Å². The Labute approximate surface area is 115 Å². The lowest BCUT2D eigenvalue weighted by Crippen LogP contribution is -2.20. The second kappa shape index (κ2) is 7.36. The predicted molar refractivity (Wildman–Crippen MR) is 76.8 cm³/mol. The highest BCUT2D eigenvalue weighted by molar-refractivity contribution is 5.44. The maximum atomic E-state index is 5.71. The first-order valence-corrected chi connectivity index (χ1v) is 7.14. The van der Waals surface area contributed by atoms with Gasteiger partial charge in [0.05, 0.1) is 13.2 Å². The van der Waals surface area contributed by atoms with Gasteiger partial charge in [0.15, 0.2) is 11.5 Å². The summed E-state index contributed by atoms with van der Waals surface area (Å²) in [6.45, 7) is 5.39. The zero-order chi connectivity index (χ0) is 13.5. The van der Waals surface area contributed by atoms with E-state index < -0.39 is 0 Å². The molecule has 0 aromatic heterocycles. The number of ether oxygens (including phenoxy) is 2.